The summed E-state index contributed by atoms with van der Waals surface area (Å²) in [5.74, 6) is 0.265. The van der Waals surface area contributed by atoms with Gasteiger partial charge in [0, 0.05) is 17.9 Å². The molecule has 2 heterocycles. The minimum absolute atomic E-state index is 0.00877. The van der Waals surface area contributed by atoms with E-state index in [1.54, 1.807) is 12.1 Å². The van der Waals surface area contributed by atoms with Gasteiger partial charge in [-0.3, -0.25) is 4.79 Å². The molecule has 2 rings (SSSR count). The number of nitrogens with zero attached hydrogens (tertiary/aromatic N) is 1. The summed E-state index contributed by atoms with van der Waals surface area (Å²) in [5.41, 5.74) is 7.10. The summed E-state index contributed by atoms with van der Waals surface area (Å²) in [6, 6.07) is 3.40. The molecular formula is C14H21N3O2. The molecule has 5 nitrogen and oxygen atoms in total. The van der Waals surface area contributed by atoms with Gasteiger partial charge in [-0.25, -0.2) is 4.98 Å². The third-order valence-corrected chi connectivity index (χ3v) is 3.40. The van der Waals surface area contributed by atoms with Crippen LogP contribution in [0.4, 0.5) is 5.82 Å². The number of nitrogen functional groups attached to an aromatic ring is 1. The predicted octanol–water partition coefficient (Wildman–Crippen LogP) is 1.52. The number of anilines is 1. The molecular weight excluding hydrogens is 242 g/mol. The maximum Gasteiger partial charge on any atom is 0.251 e. The molecule has 0 aromatic carbocycles. The first-order valence-electron chi connectivity index (χ1n) is 6.79. The highest BCUT2D eigenvalue weighted by Crippen LogP contribution is 2.16. The number of hydrogen-bond donors (Lipinski definition) is 2. The van der Waals surface area contributed by atoms with Gasteiger partial charge in [-0.05, 0) is 38.3 Å². The summed E-state index contributed by atoms with van der Waals surface area (Å²) >= 11 is 0. The van der Waals surface area contributed by atoms with Crippen molar-refractivity contribution in [1.82, 2.24) is 10.3 Å². The van der Waals surface area contributed by atoms with E-state index in [2.05, 4.69) is 10.3 Å². The topological polar surface area (TPSA) is 77.2 Å². The Morgan fingerprint density at radius 3 is 3.05 bits per heavy atom. The van der Waals surface area contributed by atoms with E-state index in [-0.39, 0.29) is 18.1 Å². The summed E-state index contributed by atoms with van der Waals surface area (Å²) in [6.07, 6.45) is 2.94. The molecule has 1 aromatic heterocycles. The molecule has 19 heavy (non-hydrogen) atoms. The number of amides is 1. The molecule has 0 radical (unpaired) electrons. The van der Waals surface area contributed by atoms with Crippen LogP contribution in [-0.4, -0.2) is 29.6 Å². The van der Waals surface area contributed by atoms with Crippen molar-refractivity contribution in [3.05, 3.63) is 23.4 Å². The molecule has 1 aliphatic rings. The summed E-state index contributed by atoms with van der Waals surface area (Å²) in [4.78, 5) is 16.3. The van der Waals surface area contributed by atoms with Crippen molar-refractivity contribution in [2.75, 3.05) is 12.3 Å². The minimum Gasteiger partial charge on any atom is -0.384 e. The van der Waals surface area contributed by atoms with E-state index in [1.165, 1.54) is 0 Å². The summed E-state index contributed by atoms with van der Waals surface area (Å²) < 4.78 is 5.57. The molecule has 1 aromatic rings. The van der Waals surface area contributed by atoms with Gasteiger partial charge < -0.3 is 15.8 Å². The highest BCUT2D eigenvalue weighted by atomic mass is 16.5. The molecule has 0 spiro atoms. The molecule has 1 aliphatic heterocycles. The van der Waals surface area contributed by atoms with E-state index in [0.29, 0.717) is 11.4 Å². The van der Waals surface area contributed by atoms with E-state index in [1.807, 2.05) is 13.8 Å². The van der Waals surface area contributed by atoms with Gasteiger partial charge >= 0.3 is 0 Å². The van der Waals surface area contributed by atoms with E-state index in [4.69, 9.17) is 10.5 Å². The van der Waals surface area contributed by atoms with Gasteiger partial charge in [-0.1, -0.05) is 6.92 Å². The molecule has 1 amide bonds. The Hall–Kier alpha value is -1.62. The zero-order valence-electron chi connectivity index (χ0n) is 11.5. The highest BCUT2D eigenvalue weighted by Gasteiger charge is 2.24. The Morgan fingerprint density at radius 2 is 2.42 bits per heavy atom. The first-order valence-corrected chi connectivity index (χ1v) is 6.79. The van der Waals surface area contributed by atoms with Gasteiger partial charge in [0.2, 0.25) is 0 Å². The molecule has 104 valence electrons. The molecule has 2 unspecified atom stereocenters. The monoisotopic (exact) mass is 263 g/mol. The molecule has 3 N–H and O–H groups in total. The lowest BCUT2D eigenvalue weighted by Crippen LogP contribution is -2.40. The van der Waals surface area contributed by atoms with Gasteiger partial charge in [0.25, 0.3) is 5.91 Å². The molecule has 0 aliphatic carbocycles. The third-order valence-electron chi connectivity index (χ3n) is 3.40. The normalized spacial score (nSPS) is 20.2. The van der Waals surface area contributed by atoms with Crippen LogP contribution < -0.4 is 11.1 Å². The van der Waals surface area contributed by atoms with Crippen molar-refractivity contribution in [3.63, 3.8) is 0 Å². The van der Waals surface area contributed by atoms with Crippen molar-refractivity contribution in [1.29, 1.82) is 0 Å². The quantitative estimate of drug-likeness (QED) is 0.863. The maximum absolute atomic E-state index is 12.2. The van der Waals surface area contributed by atoms with E-state index >= 15 is 0 Å². The Labute approximate surface area is 113 Å². The van der Waals surface area contributed by atoms with Gasteiger partial charge in [0.15, 0.2) is 0 Å². The fourth-order valence-electron chi connectivity index (χ4n) is 2.30. The van der Waals surface area contributed by atoms with Crippen LogP contribution in [0.3, 0.4) is 0 Å². The van der Waals surface area contributed by atoms with Crippen LogP contribution in [0.5, 0.6) is 0 Å². The Balaban J connectivity index is 2.04. The second kappa shape index (κ2) is 6.02. The molecule has 1 saturated heterocycles. The summed E-state index contributed by atoms with van der Waals surface area (Å²) in [5, 5.41) is 2.97. The van der Waals surface area contributed by atoms with E-state index < -0.39 is 0 Å². The van der Waals surface area contributed by atoms with Crippen molar-refractivity contribution >= 4 is 11.7 Å². The lowest BCUT2D eigenvalue weighted by Gasteiger charge is -2.20. The average Bonchev–Trinajstić information content (AvgIpc) is 2.91. The molecule has 1 fully saturated rings. The van der Waals surface area contributed by atoms with Crippen LogP contribution in [0.25, 0.3) is 0 Å². The summed E-state index contributed by atoms with van der Waals surface area (Å²) in [7, 11) is 0. The van der Waals surface area contributed by atoms with Crippen LogP contribution in [0.1, 0.15) is 42.7 Å². The second-order valence-corrected chi connectivity index (χ2v) is 4.94. The van der Waals surface area contributed by atoms with Crippen LogP contribution in [-0.2, 0) is 11.2 Å². The SMILES string of the molecule is CCc1cc(C(=O)NC(C)C2CCCO2)cc(N)n1. The number of carbonyl (C=O) groups is 1. The maximum atomic E-state index is 12.2. The minimum atomic E-state index is -0.119. The second-order valence-electron chi connectivity index (χ2n) is 4.94. The largest absolute Gasteiger partial charge is 0.384 e. The van der Waals surface area contributed by atoms with Gasteiger partial charge in [0.05, 0.1) is 12.1 Å². The molecule has 0 saturated carbocycles. The third kappa shape index (κ3) is 3.44. The van der Waals surface area contributed by atoms with Gasteiger partial charge in [0.1, 0.15) is 5.82 Å². The number of ether oxygens (including phenoxy) is 1. The molecule has 5 heteroatoms. The Kier molecular flexibility index (Phi) is 4.37. The number of aryl methyl sites for hydroxylation is 1. The number of pyridine rings is 1. The fraction of sp³-hybridized carbons (Fsp3) is 0.571. The van der Waals surface area contributed by atoms with Crippen LogP contribution in [0, 0.1) is 0 Å². The smallest absolute Gasteiger partial charge is 0.251 e. The lowest BCUT2D eigenvalue weighted by molar-refractivity contribution is 0.0712. The lowest BCUT2D eigenvalue weighted by atomic mass is 10.1. The van der Waals surface area contributed by atoms with Crippen LogP contribution in [0.2, 0.25) is 0 Å². The zero-order valence-corrected chi connectivity index (χ0v) is 11.5. The van der Waals surface area contributed by atoms with Crippen molar-refractivity contribution < 1.29 is 9.53 Å². The number of hydrogen-bond acceptors (Lipinski definition) is 4. The number of rotatable bonds is 4. The number of aromatic nitrogens is 1. The fourth-order valence-corrected chi connectivity index (χ4v) is 2.30. The van der Waals surface area contributed by atoms with Crippen LogP contribution in [0.15, 0.2) is 12.1 Å². The first kappa shape index (κ1) is 13.8. The van der Waals surface area contributed by atoms with Crippen LogP contribution >= 0.6 is 0 Å². The highest BCUT2D eigenvalue weighted by molar-refractivity contribution is 5.95. The predicted molar refractivity (Wildman–Crippen MR) is 73.9 cm³/mol. The average molecular weight is 263 g/mol. The van der Waals surface area contributed by atoms with Crippen molar-refractivity contribution in [2.24, 2.45) is 0 Å². The molecule has 2 atom stereocenters. The Bertz CT molecular complexity index is 456. The number of nitrogens with two attached hydrogens (primary N) is 1. The van der Waals surface area contributed by atoms with Gasteiger partial charge in [-0.2, -0.15) is 0 Å². The standard InChI is InChI=1S/C14H21N3O2/c1-3-11-7-10(8-13(15)17-11)14(18)16-9(2)12-5-4-6-19-12/h7-9,12H,3-6H2,1-2H3,(H2,15,17)(H,16,18). The van der Waals surface area contributed by atoms with Crippen molar-refractivity contribution in [2.45, 2.75) is 45.3 Å². The van der Waals surface area contributed by atoms with E-state index in [0.717, 1.165) is 31.6 Å². The van der Waals surface area contributed by atoms with Crippen molar-refractivity contribution in [3.8, 4) is 0 Å². The Morgan fingerprint density at radius 1 is 1.63 bits per heavy atom. The summed E-state index contributed by atoms with van der Waals surface area (Å²) in [6.45, 7) is 4.74. The number of nitrogens with one attached hydrogen (secondary N) is 1. The number of carbonyl (C=O) groups excluding carboxylic acids is 1. The zero-order chi connectivity index (χ0) is 13.8. The molecule has 0 bridgehead atoms. The first-order chi connectivity index (χ1) is 9.10. The van der Waals surface area contributed by atoms with Gasteiger partial charge in [-0.15, -0.1) is 0 Å². The van der Waals surface area contributed by atoms with E-state index in [9.17, 15) is 4.79 Å².